The van der Waals surface area contributed by atoms with E-state index < -0.39 is 0 Å². The maximum Gasteiger partial charge on any atom is 0.0110 e. The summed E-state index contributed by atoms with van der Waals surface area (Å²) in [6, 6.07) is 0. The van der Waals surface area contributed by atoms with Crippen molar-refractivity contribution in [2.45, 2.75) is 13.8 Å². The highest BCUT2D eigenvalue weighted by Crippen LogP contribution is 1.91. The molecule has 0 saturated carbocycles. The van der Waals surface area contributed by atoms with Crippen molar-refractivity contribution >= 4 is 0 Å². The van der Waals surface area contributed by atoms with E-state index in [0.29, 0.717) is 0 Å². The Morgan fingerprint density at radius 2 is 1.69 bits per heavy atom. The van der Waals surface area contributed by atoms with Crippen LogP contribution in [0.5, 0.6) is 0 Å². The summed E-state index contributed by atoms with van der Waals surface area (Å²) in [4.78, 5) is 4.75. The molecule has 80 valence electrons. The van der Waals surface area contributed by atoms with E-state index in [9.17, 15) is 0 Å². The summed E-state index contributed by atoms with van der Waals surface area (Å²) in [6.45, 7) is 11.2. The van der Waals surface area contributed by atoms with E-state index in [1.165, 1.54) is 26.2 Å². The van der Waals surface area contributed by atoms with Crippen LogP contribution in [0.25, 0.3) is 0 Å². The van der Waals surface area contributed by atoms with Gasteiger partial charge in [0.2, 0.25) is 0 Å². The normalized spacial score (nSPS) is 18.2. The van der Waals surface area contributed by atoms with Crippen molar-refractivity contribution in [1.29, 1.82) is 0 Å². The van der Waals surface area contributed by atoms with Crippen molar-refractivity contribution in [3.8, 4) is 0 Å². The Morgan fingerprint density at radius 3 is 2.15 bits per heavy atom. The van der Waals surface area contributed by atoms with Crippen molar-refractivity contribution < 1.29 is 0 Å². The molecular formula is C10H25N3. The average Bonchev–Trinajstić information content (AvgIpc) is 2.19. The third-order valence-corrected chi connectivity index (χ3v) is 2.07. The molecular weight excluding hydrogens is 162 g/mol. The fourth-order valence-corrected chi connectivity index (χ4v) is 1.28. The predicted molar refractivity (Wildman–Crippen MR) is 59.2 cm³/mol. The number of rotatable bonds is 3. The highest BCUT2D eigenvalue weighted by molar-refractivity contribution is 4.67. The van der Waals surface area contributed by atoms with Crippen LogP contribution >= 0.6 is 0 Å². The second kappa shape index (κ2) is 8.48. The number of nitrogens with zero attached hydrogens (tertiary/aromatic N) is 2. The molecule has 3 nitrogen and oxygen atoms in total. The zero-order chi connectivity index (χ0) is 10.1. The van der Waals surface area contributed by atoms with Crippen LogP contribution in [0.3, 0.4) is 0 Å². The Balaban J connectivity index is 0.000000671. The Morgan fingerprint density at radius 1 is 1.15 bits per heavy atom. The van der Waals surface area contributed by atoms with E-state index in [4.69, 9.17) is 0 Å². The van der Waals surface area contributed by atoms with Crippen LogP contribution in [0, 0.1) is 0 Å². The molecule has 1 rings (SSSR count). The summed E-state index contributed by atoms with van der Waals surface area (Å²) in [5, 5.41) is 3.35. The molecule has 13 heavy (non-hydrogen) atoms. The molecule has 1 N–H and O–H groups in total. The lowest BCUT2D eigenvalue weighted by molar-refractivity contribution is 0.217. The molecule has 0 amide bonds. The first-order chi connectivity index (χ1) is 6.29. The Bertz CT molecular complexity index is 98.3. The summed E-state index contributed by atoms with van der Waals surface area (Å²) in [7, 11) is 4.25. The van der Waals surface area contributed by atoms with Crippen molar-refractivity contribution in [2.75, 3.05) is 53.4 Å². The minimum Gasteiger partial charge on any atom is -0.314 e. The standard InChI is InChI=1S/C8H19N3.C2H6/c1-10(2)7-8-11-5-3-9-4-6-11;1-2/h9H,3-8H2,1-2H3;1-2H3. The molecule has 0 aromatic rings. The molecule has 0 aliphatic carbocycles. The molecule has 0 unspecified atom stereocenters. The van der Waals surface area contributed by atoms with E-state index in [-0.39, 0.29) is 0 Å². The van der Waals surface area contributed by atoms with Gasteiger partial charge in [0.25, 0.3) is 0 Å². The number of hydrogen-bond donors (Lipinski definition) is 1. The lowest BCUT2D eigenvalue weighted by atomic mass is 10.3. The van der Waals surface area contributed by atoms with Crippen LogP contribution < -0.4 is 5.32 Å². The summed E-state index contributed by atoms with van der Waals surface area (Å²) >= 11 is 0. The van der Waals surface area contributed by atoms with Gasteiger partial charge in [0, 0.05) is 39.3 Å². The summed E-state index contributed by atoms with van der Waals surface area (Å²) < 4.78 is 0. The number of hydrogen-bond acceptors (Lipinski definition) is 3. The SMILES string of the molecule is CC.CN(C)CCN1CCNCC1. The van der Waals surface area contributed by atoms with E-state index in [2.05, 4.69) is 29.2 Å². The molecule has 3 heteroatoms. The summed E-state index contributed by atoms with van der Waals surface area (Å²) in [5.74, 6) is 0. The maximum atomic E-state index is 3.35. The molecule has 0 bridgehead atoms. The first-order valence-corrected chi connectivity index (χ1v) is 5.37. The Hall–Kier alpha value is -0.120. The van der Waals surface area contributed by atoms with Crippen molar-refractivity contribution in [3.63, 3.8) is 0 Å². The highest BCUT2D eigenvalue weighted by atomic mass is 15.2. The van der Waals surface area contributed by atoms with Gasteiger partial charge in [-0.3, -0.25) is 4.90 Å². The van der Waals surface area contributed by atoms with Gasteiger partial charge in [0.15, 0.2) is 0 Å². The number of likely N-dealkylation sites (N-methyl/N-ethyl adjacent to an activating group) is 1. The zero-order valence-corrected chi connectivity index (χ0v) is 9.64. The second-order valence-electron chi connectivity index (χ2n) is 3.39. The molecule has 0 aromatic carbocycles. The maximum absolute atomic E-state index is 3.35. The van der Waals surface area contributed by atoms with Crippen LogP contribution in [0.1, 0.15) is 13.8 Å². The summed E-state index contributed by atoms with van der Waals surface area (Å²) in [5.41, 5.74) is 0. The fourth-order valence-electron chi connectivity index (χ4n) is 1.28. The van der Waals surface area contributed by atoms with Gasteiger partial charge in [-0.05, 0) is 14.1 Å². The third-order valence-electron chi connectivity index (χ3n) is 2.07. The van der Waals surface area contributed by atoms with Crippen LogP contribution in [0.4, 0.5) is 0 Å². The van der Waals surface area contributed by atoms with Gasteiger partial charge in [-0.1, -0.05) is 13.8 Å². The van der Waals surface area contributed by atoms with Crippen molar-refractivity contribution in [3.05, 3.63) is 0 Å². The first kappa shape index (κ1) is 12.9. The third kappa shape index (κ3) is 6.99. The molecule has 1 saturated heterocycles. The smallest absolute Gasteiger partial charge is 0.0110 e. The van der Waals surface area contributed by atoms with Crippen molar-refractivity contribution in [1.82, 2.24) is 15.1 Å². The Kier molecular flexibility index (Phi) is 8.40. The minimum absolute atomic E-state index is 1.16. The van der Waals surface area contributed by atoms with Gasteiger partial charge in [-0.2, -0.15) is 0 Å². The van der Waals surface area contributed by atoms with Crippen LogP contribution in [0.2, 0.25) is 0 Å². The van der Waals surface area contributed by atoms with Gasteiger partial charge in [0.1, 0.15) is 0 Å². The molecule has 0 radical (unpaired) electrons. The molecule has 0 spiro atoms. The molecule has 1 aliphatic rings. The van der Waals surface area contributed by atoms with E-state index in [1.807, 2.05) is 13.8 Å². The van der Waals surface area contributed by atoms with Gasteiger partial charge < -0.3 is 10.2 Å². The van der Waals surface area contributed by atoms with Gasteiger partial charge in [-0.25, -0.2) is 0 Å². The predicted octanol–water partition coefficient (Wildman–Crippen LogP) is 0.479. The topological polar surface area (TPSA) is 18.5 Å². The molecule has 0 aromatic heterocycles. The van der Waals surface area contributed by atoms with Crippen LogP contribution in [-0.4, -0.2) is 63.2 Å². The average molecular weight is 187 g/mol. The largest absolute Gasteiger partial charge is 0.314 e. The van der Waals surface area contributed by atoms with Crippen molar-refractivity contribution in [2.24, 2.45) is 0 Å². The second-order valence-corrected chi connectivity index (χ2v) is 3.39. The quantitative estimate of drug-likeness (QED) is 0.693. The molecule has 0 atom stereocenters. The fraction of sp³-hybridized carbons (Fsp3) is 1.00. The number of nitrogens with one attached hydrogen (secondary N) is 1. The minimum atomic E-state index is 1.16. The molecule has 1 heterocycles. The van der Waals surface area contributed by atoms with Crippen LogP contribution in [-0.2, 0) is 0 Å². The number of piperazine rings is 1. The molecule has 1 aliphatic heterocycles. The van der Waals surface area contributed by atoms with E-state index in [1.54, 1.807) is 0 Å². The van der Waals surface area contributed by atoms with Gasteiger partial charge in [-0.15, -0.1) is 0 Å². The lowest BCUT2D eigenvalue weighted by Crippen LogP contribution is -2.45. The van der Waals surface area contributed by atoms with Crippen LogP contribution in [0.15, 0.2) is 0 Å². The van der Waals surface area contributed by atoms with E-state index in [0.717, 1.165) is 13.1 Å². The van der Waals surface area contributed by atoms with Gasteiger partial charge in [0.05, 0.1) is 0 Å². The zero-order valence-electron chi connectivity index (χ0n) is 9.64. The highest BCUT2D eigenvalue weighted by Gasteiger charge is 2.08. The van der Waals surface area contributed by atoms with E-state index >= 15 is 0 Å². The summed E-state index contributed by atoms with van der Waals surface area (Å²) in [6.07, 6.45) is 0. The first-order valence-electron chi connectivity index (χ1n) is 5.37. The van der Waals surface area contributed by atoms with Gasteiger partial charge >= 0.3 is 0 Å². The Labute approximate surface area is 83.1 Å². The monoisotopic (exact) mass is 187 g/mol. The molecule has 1 fully saturated rings. The lowest BCUT2D eigenvalue weighted by Gasteiger charge is -2.28.